The minimum absolute atomic E-state index is 0.102. The molecule has 2 rings (SSSR count). The van der Waals surface area contributed by atoms with Gasteiger partial charge in [0.2, 0.25) is 0 Å². The van der Waals surface area contributed by atoms with Crippen LogP contribution in [0.2, 0.25) is 0 Å². The van der Waals surface area contributed by atoms with Gasteiger partial charge in [0.25, 0.3) is 0 Å². The van der Waals surface area contributed by atoms with Crippen molar-refractivity contribution in [3.8, 4) is 11.8 Å². The SMILES string of the molecule is COC(=O)c1ccc2c(c1)NC(CCC#N)CO2. The van der Waals surface area contributed by atoms with Gasteiger partial charge in [-0.1, -0.05) is 0 Å². The number of methoxy groups -OCH3 is 1. The number of nitriles is 1. The predicted molar refractivity (Wildman–Crippen MR) is 65.5 cm³/mol. The van der Waals surface area contributed by atoms with Crippen LogP contribution < -0.4 is 10.1 Å². The van der Waals surface area contributed by atoms with Crippen LogP contribution in [0.3, 0.4) is 0 Å². The van der Waals surface area contributed by atoms with Crippen LogP contribution in [0.1, 0.15) is 23.2 Å². The van der Waals surface area contributed by atoms with Crippen LogP contribution in [0.4, 0.5) is 5.69 Å². The highest BCUT2D eigenvalue weighted by molar-refractivity contribution is 5.91. The second-order valence-corrected chi connectivity index (χ2v) is 4.05. The van der Waals surface area contributed by atoms with Gasteiger partial charge in [0, 0.05) is 6.42 Å². The summed E-state index contributed by atoms with van der Waals surface area (Å²) in [6.07, 6.45) is 1.20. The number of hydrogen-bond acceptors (Lipinski definition) is 5. The van der Waals surface area contributed by atoms with E-state index in [9.17, 15) is 4.79 Å². The Bertz CT molecular complexity index is 493. The number of ether oxygens (including phenoxy) is 2. The molecule has 0 radical (unpaired) electrons. The molecule has 1 heterocycles. The summed E-state index contributed by atoms with van der Waals surface area (Å²) < 4.78 is 10.2. The van der Waals surface area contributed by atoms with Crippen LogP contribution in [0.5, 0.6) is 5.75 Å². The predicted octanol–water partition coefficient (Wildman–Crippen LogP) is 1.95. The first-order valence-electron chi connectivity index (χ1n) is 5.73. The van der Waals surface area contributed by atoms with Crippen LogP contribution in [-0.2, 0) is 4.74 Å². The van der Waals surface area contributed by atoms with Crippen LogP contribution in [0.15, 0.2) is 18.2 Å². The standard InChI is InChI=1S/C13H14N2O3/c1-17-13(16)9-4-5-12-11(7-9)15-10(8-18-12)3-2-6-14/h4-5,7,10,15H,2-3,8H2,1H3. The first-order valence-corrected chi connectivity index (χ1v) is 5.73. The van der Waals surface area contributed by atoms with Gasteiger partial charge in [-0.3, -0.25) is 0 Å². The van der Waals surface area contributed by atoms with Crippen molar-refractivity contribution in [2.75, 3.05) is 19.0 Å². The van der Waals surface area contributed by atoms with E-state index in [0.717, 1.165) is 17.9 Å². The van der Waals surface area contributed by atoms with E-state index in [4.69, 9.17) is 10.00 Å². The number of hydrogen-bond donors (Lipinski definition) is 1. The summed E-state index contributed by atoms with van der Waals surface area (Å²) in [6.45, 7) is 0.534. The Balaban J connectivity index is 2.14. The maximum absolute atomic E-state index is 11.4. The fourth-order valence-corrected chi connectivity index (χ4v) is 1.86. The number of anilines is 1. The topological polar surface area (TPSA) is 71.3 Å². The number of carbonyl (C=O) groups is 1. The maximum atomic E-state index is 11.4. The normalized spacial score (nSPS) is 16.8. The summed E-state index contributed by atoms with van der Waals surface area (Å²) in [6, 6.07) is 7.33. The number of benzene rings is 1. The van der Waals surface area contributed by atoms with Crippen LogP contribution in [-0.4, -0.2) is 25.7 Å². The van der Waals surface area contributed by atoms with Crippen molar-refractivity contribution in [2.45, 2.75) is 18.9 Å². The third kappa shape index (κ3) is 2.54. The fourth-order valence-electron chi connectivity index (χ4n) is 1.86. The highest BCUT2D eigenvalue weighted by Crippen LogP contribution is 2.30. The molecule has 1 unspecified atom stereocenters. The van der Waals surface area contributed by atoms with Gasteiger partial charge in [-0.25, -0.2) is 4.79 Å². The molecule has 1 atom stereocenters. The molecule has 0 aliphatic carbocycles. The minimum Gasteiger partial charge on any atom is -0.489 e. The first kappa shape index (κ1) is 12.2. The van der Waals surface area contributed by atoms with E-state index in [1.807, 2.05) is 0 Å². The van der Waals surface area contributed by atoms with Crippen molar-refractivity contribution in [1.82, 2.24) is 0 Å². The second-order valence-electron chi connectivity index (χ2n) is 4.05. The molecular formula is C13H14N2O3. The van der Waals surface area contributed by atoms with Crippen LogP contribution in [0, 0.1) is 11.3 Å². The monoisotopic (exact) mass is 246 g/mol. The smallest absolute Gasteiger partial charge is 0.337 e. The number of nitrogens with zero attached hydrogens (tertiary/aromatic N) is 1. The molecule has 94 valence electrons. The molecule has 0 spiro atoms. The van der Waals surface area contributed by atoms with E-state index >= 15 is 0 Å². The highest BCUT2D eigenvalue weighted by Gasteiger charge is 2.20. The molecule has 0 bridgehead atoms. The Labute approximate surface area is 105 Å². The van der Waals surface area contributed by atoms with E-state index in [0.29, 0.717) is 18.6 Å². The largest absolute Gasteiger partial charge is 0.489 e. The zero-order valence-corrected chi connectivity index (χ0v) is 10.1. The molecule has 0 saturated carbocycles. The summed E-state index contributed by atoms with van der Waals surface area (Å²) in [5.74, 6) is 0.342. The quantitative estimate of drug-likeness (QED) is 0.825. The summed E-state index contributed by atoms with van der Waals surface area (Å²) in [5, 5.41) is 11.8. The lowest BCUT2D eigenvalue weighted by Crippen LogP contribution is -2.31. The molecule has 1 aromatic carbocycles. The molecule has 5 nitrogen and oxygen atoms in total. The number of nitrogens with one attached hydrogen (secondary N) is 1. The van der Waals surface area contributed by atoms with Gasteiger partial charge in [0.05, 0.1) is 30.5 Å². The summed E-state index contributed by atoms with van der Waals surface area (Å²) in [5.41, 5.74) is 1.25. The molecule has 18 heavy (non-hydrogen) atoms. The van der Waals surface area contributed by atoms with E-state index in [2.05, 4.69) is 16.1 Å². The molecule has 1 aromatic rings. The maximum Gasteiger partial charge on any atom is 0.337 e. The van der Waals surface area contributed by atoms with Gasteiger partial charge in [-0.05, 0) is 24.6 Å². The van der Waals surface area contributed by atoms with Gasteiger partial charge < -0.3 is 14.8 Å². The average Bonchev–Trinajstić information content (AvgIpc) is 2.43. The Morgan fingerprint density at radius 2 is 2.50 bits per heavy atom. The minimum atomic E-state index is -0.376. The van der Waals surface area contributed by atoms with Gasteiger partial charge in [-0.2, -0.15) is 5.26 Å². The van der Waals surface area contributed by atoms with E-state index in [-0.39, 0.29) is 12.0 Å². The lowest BCUT2D eigenvalue weighted by molar-refractivity contribution is 0.0600. The molecule has 1 aliphatic rings. The first-order chi connectivity index (χ1) is 8.74. The number of fused-ring (bicyclic) bond motifs is 1. The average molecular weight is 246 g/mol. The van der Waals surface area contributed by atoms with Gasteiger partial charge in [0.1, 0.15) is 12.4 Å². The lowest BCUT2D eigenvalue weighted by Gasteiger charge is -2.27. The molecular weight excluding hydrogens is 232 g/mol. The lowest BCUT2D eigenvalue weighted by atomic mass is 10.1. The van der Waals surface area contributed by atoms with Crippen LogP contribution >= 0.6 is 0 Å². The summed E-state index contributed by atoms with van der Waals surface area (Å²) in [7, 11) is 1.35. The molecule has 1 N–H and O–H groups in total. The van der Waals surface area contributed by atoms with Gasteiger partial charge in [0.15, 0.2) is 0 Å². The van der Waals surface area contributed by atoms with Crippen molar-refractivity contribution >= 4 is 11.7 Å². The van der Waals surface area contributed by atoms with E-state index in [1.54, 1.807) is 18.2 Å². The fraction of sp³-hybridized carbons (Fsp3) is 0.385. The Morgan fingerprint density at radius 3 is 3.22 bits per heavy atom. The third-order valence-corrected chi connectivity index (χ3v) is 2.80. The molecule has 0 amide bonds. The zero-order valence-electron chi connectivity index (χ0n) is 10.1. The molecule has 0 saturated heterocycles. The Morgan fingerprint density at radius 1 is 1.67 bits per heavy atom. The molecule has 0 aromatic heterocycles. The Kier molecular flexibility index (Phi) is 3.68. The van der Waals surface area contributed by atoms with E-state index < -0.39 is 0 Å². The van der Waals surface area contributed by atoms with Gasteiger partial charge in [-0.15, -0.1) is 0 Å². The molecule has 1 aliphatic heterocycles. The molecule has 5 heteroatoms. The van der Waals surface area contributed by atoms with Crippen molar-refractivity contribution in [3.63, 3.8) is 0 Å². The van der Waals surface area contributed by atoms with Crippen molar-refractivity contribution in [3.05, 3.63) is 23.8 Å². The number of carbonyl (C=O) groups excluding carboxylic acids is 1. The summed E-state index contributed by atoms with van der Waals surface area (Å²) >= 11 is 0. The number of rotatable bonds is 3. The van der Waals surface area contributed by atoms with E-state index in [1.165, 1.54) is 7.11 Å². The van der Waals surface area contributed by atoms with Crippen molar-refractivity contribution in [2.24, 2.45) is 0 Å². The van der Waals surface area contributed by atoms with Gasteiger partial charge >= 0.3 is 5.97 Å². The van der Waals surface area contributed by atoms with Crippen molar-refractivity contribution in [1.29, 1.82) is 5.26 Å². The molecule has 0 fully saturated rings. The Hall–Kier alpha value is -2.22. The van der Waals surface area contributed by atoms with Crippen molar-refractivity contribution < 1.29 is 14.3 Å². The summed E-state index contributed by atoms with van der Waals surface area (Å²) in [4.78, 5) is 11.4. The second kappa shape index (κ2) is 5.41. The van der Waals surface area contributed by atoms with Crippen LogP contribution in [0.25, 0.3) is 0 Å². The zero-order chi connectivity index (χ0) is 13.0. The third-order valence-electron chi connectivity index (χ3n) is 2.80. The highest BCUT2D eigenvalue weighted by atomic mass is 16.5. The number of esters is 1.